The van der Waals surface area contributed by atoms with Gasteiger partial charge in [0.05, 0.1) is 0 Å². The molecular weight excluding hydrogens is 150 g/mol. The van der Waals surface area contributed by atoms with E-state index in [0.717, 1.165) is 18.8 Å². The zero-order chi connectivity index (χ0) is 8.81. The molecule has 0 atom stereocenters. The third-order valence-electron chi connectivity index (χ3n) is 1.58. The molecule has 0 aliphatic carbocycles. The molecule has 2 N–H and O–H groups in total. The van der Waals surface area contributed by atoms with E-state index in [2.05, 4.69) is 21.7 Å². The van der Waals surface area contributed by atoms with Crippen molar-refractivity contribution in [1.29, 1.82) is 0 Å². The van der Waals surface area contributed by atoms with Gasteiger partial charge in [0.15, 0.2) is 0 Å². The first-order valence-electron chi connectivity index (χ1n) is 4.14. The maximum atomic E-state index is 4.15. The second-order valence-corrected chi connectivity index (χ2v) is 2.69. The van der Waals surface area contributed by atoms with E-state index in [1.807, 2.05) is 26.4 Å². The van der Waals surface area contributed by atoms with Crippen LogP contribution in [0.2, 0.25) is 0 Å². The number of aromatic nitrogens is 1. The lowest BCUT2D eigenvalue weighted by molar-refractivity contribution is 1.02. The van der Waals surface area contributed by atoms with Crippen LogP contribution in [-0.4, -0.2) is 25.6 Å². The standard InChI is InChI=1S/C7H8N2.C2H7N/c1-2-6-3-5-9-7(6)8-4-1;1-3-2/h1-2,4H,3,5H2,(H,8,9);3H,1-2H3. The molecular formula is C9H15N3. The van der Waals surface area contributed by atoms with E-state index in [9.17, 15) is 0 Å². The van der Waals surface area contributed by atoms with E-state index in [4.69, 9.17) is 0 Å². The molecule has 0 unspecified atom stereocenters. The quantitative estimate of drug-likeness (QED) is 0.599. The van der Waals surface area contributed by atoms with Crippen LogP contribution in [0.1, 0.15) is 5.56 Å². The van der Waals surface area contributed by atoms with Crippen LogP contribution in [0.15, 0.2) is 18.3 Å². The minimum atomic E-state index is 1.05. The van der Waals surface area contributed by atoms with Crippen molar-refractivity contribution in [1.82, 2.24) is 10.3 Å². The van der Waals surface area contributed by atoms with E-state index in [1.165, 1.54) is 5.56 Å². The Morgan fingerprint density at radius 1 is 1.50 bits per heavy atom. The Bertz CT molecular complexity index is 212. The molecule has 2 heterocycles. The molecule has 0 aromatic carbocycles. The Labute approximate surface area is 73.2 Å². The van der Waals surface area contributed by atoms with E-state index in [0.29, 0.717) is 0 Å². The maximum absolute atomic E-state index is 4.15. The Morgan fingerprint density at radius 2 is 2.25 bits per heavy atom. The monoisotopic (exact) mass is 165 g/mol. The van der Waals surface area contributed by atoms with Gasteiger partial charge < -0.3 is 10.6 Å². The van der Waals surface area contributed by atoms with Gasteiger partial charge in [0, 0.05) is 12.7 Å². The van der Waals surface area contributed by atoms with Crippen molar-refractivity contribution >= 4 is 5.82 Å². The van der Waals surface area contributed by atoms with Crippen molar-refractivity contribution in [3.05, 3.63) is 23.9 Å². The molecule has 0 amide bonds. The maximum Gasteiger partial charge on any atom is 0.129 e. The third-order valence-corrected chi connectivity index (χ3v) is 1.58. The molecule has 12 heavy (non-hydrogen) atoms. The lowest BCUT2D eigenvalue weighted by Gasteiger charge is -1.93. The summed E-state index contributed by atoms with van der Waals surface area (Å²) in [5.74, 6) is 1.07. The van der Waals surface area contributed by atoms with Gasteiger partial charge in [-0.15, -0.1) is 0 Å². The molecule has 0 radical (unpaired) electrons. The molecule has 1 aromatic rings. The number of nitrogens with zero attached hydrogens (tertiary/aromatic N) is 1. The lowest BCUT2D eigenvalue weighted by atomic mass is 10.2. The van der Waals surface area contributed by atoms with E-state index in [-0.39, 0.29) is 0 Å². The minimum absolute atomic E-state index is 1.05. The first kappa shape index (κ1) is 9.00. The molecule has 3 nitrogen and oxygen atoms in total. The zero-order valence-electron chi connectivity index (χ0n) is 7.59. The molecule has 1 aromatic heterocycles. The van der Waals surface area contributed by atoms with Crippen molar-refractivity contribution in [2.24, 2.45) is 0 Å². The number of pyridine rings is 1. The number of hydrogen-bond acceptors (Lipinski definition) is 3. The van der Waals surface area contributed by atoms with Gasteiger partial charge in [-0.1, -0.05) is 6.07 Å². The van der Waals surface area contributed by atoms with Gasteiger partial charge in [-0.3, -0.25) is 0 Å². The normalized spacial score (nSPS) is 12.5. The fraction of sp³-hybridized carbons (Fsp3) is 0.444. The summed E-state index contributed by atoms with van der Waals surface area (Å²) in [5, 5.41) is 5.94. The second kappa shape index (κ2) is 4.72. The van der Waals surface area contributed by atoms with Crippen molar-refractivity contribution < 1.29 is 0 Å². The molecule has 0 bridgehead atoms. The molecule has 3 heteroatoms. The largest absolute Gasteiger partial charge is 0.370 e. The highest BCUT2D eigenvalue weighted by Crippen LogP contribution is 2.16. The molecule has 2 rings (SSSR count). The summed E-state index contributed by atoms with van der Waals surface area (Å²) < 4.78 is 0. The smallest absolute Gasteiger partial charge is 0.129 e. The zero-order valence-corrected chi connectivity index (χ0v) is 7.59. The molecule has 0 saturated carbocycles. The van der Waals surface area contributed by atoms with Crippen LogP contribution < -0.4 is 10.6 Å². The van der Waals surface area contributed by atoms with Crippen LogP contribution in [0.5, 0.6) is 0 Å². The van der Waals surface area contributed by atoms with Gasteiger partial charge in [-0.2, -0.15) is 0 Å². The average Bonchev–Trinajstić information content (AvgIpc) is 2.52. The highest BCUT2D eigenvalue weighted by Gasteiger charge is 2.07. The summed E-state index contributed by atoms with van der Waals surface area (Å²) in [4.78, 5) is 4.15. The number of anilines is 1. The lowest BCUT2D eigenvalue weighted by Crippen LogP contribution is -1.92. The van der Waals surface area contributed by atoms with Gasteiger partial charge in [0.1, 0.15) is 5.82 Å². The van der Waals surface area contributed by atoms with E-state index in [1.54, 1.807) is 0 Å². The number of fused-ring (bicyclic) bond motifs is 1. The van der Waals surface area contributed by atoms with Crippen LogP contribution in [0.25, 0.3) is 0 Å². The number of rotatable bonds is 0. The topological polar surface area (TPSA) is 37.0 Å². The molecule has 0 fully saturated rings. The molecule has 1 aliphatic rings. The fourth-order valence-corrected chi connectivity index (χ4v) is 1.12. The summed E-state index contributed by atoms with van der Waals surface area (Å²) in [6, 6.07) is 4.09. The summed E-state index contributed by atoms with van der Waals surface area (Å²) in [5.41, 5.74) is 1.34. The van der Waals surface area contributed by atoms with Crippen molar-refractivity contribution in [3.63, 3.8) is 0 Å². The predicted octanol–water partition coefficient (Wildman–Crippen LogP) is 0.885. The first-order valence-corrected chi connectivity index (χ1v) is 4.14. The Balaban J connectivity index is 0.000000213. The van der Waals surface area contributed by atoms with Gasteiger partial charge in [0.2, 0.25) is 0 Å². The van der Waals surface area contributed by atoms with Crippen LogP contribution >= 0.6 is 0 Å². The summed E-state index contributed by atoms with van der Waals surface area (Å²) in [6.07, 6.45) is 2.94. The number of nitrogens with one attached hydrogen (secondary N) is 2. The van der Waals surface area contributed by atoms with Crippen LogP contribution in [-0.2, 0) is 6.42 Å². The Morgan fingerprint density at radius 3 is 2.92 bits per heavy atom. The van der Waals surface area contributed by atoms with Gasteiger partial charge >= 0.3 is 0 Å². The highest BCUT2D eigenvalue weighted by molar-refractivity contribution is 5.48. The van der Waals surface area contributed by atoms with Crippen molar-refractivity contribution in [2.45, 2.75) is 6.42 Å². The fourth-order valence-electron chi connectivity index (χ4n) is 1.12. The Kier molecular flexibility index (Phi) is 3.54. The minimum Gasteiger partial charge on any atom is -0.370 e. The van der Waals surface area contributed by atoms with Gasteiger partial charge in [-0.25, -0.2) is 4.98 Å². The predicted molar refractivity (Wildman–Crippen MR) is 51.4 cm³/mol. The summed E-state index contributed by atoms with van der Waals surface area (Å²) >= 11 is 0. The second-order valence-electron chi connectivity index (χ2n) is 2.69. The molecule has 0 spiro atoms. The van der Waals surface area contributed by atoms with Gasteiger partial charge in [0.25, 0.3) is 0 Å². The van der Waals surface area contributed by atoms with Gasteiger partial charge in [-0.05, 0) is 32.1 Å². The van der Waals surface area contributed by atoms with Crippen molar-refractivity contribution in [3.8, 4) is 0 Å². The van der Waals surface area contributed by atoms with E-state index < -0.39 is 0 Å². The molecule has 66 valence electrons. The van der Waals surface area contributed by atoms with Crippen LogP contribution in [0.4, 0.5) is 5.82 Å². The third kappa shape index (κ3) is 2.20. The molecule has 1 aliphatic heterocycles. The van der Waals surface area contributed by atoms with Crippen LogP contribution in [0.3, 0.4) is 0 Å². The SMILES string of the molecule is CNC.c1cnc2c(c1)CCN2. The summed E-state index contributed by atoms with van der Waals surface area (Å²) in [7, 11) is 3.75. The number of hydrogen-bond donors (Lipinski definition) is 2. The van der Waals surface area contributed by atoms with Crippen molar-refractivity contribution in [2.75, 3.05) is 26.0 Å². The van der Waals surface area contributed by atoms with Crippen LogP contribution in [0, 0.1) is 0 Å². The average molecular weight is 165 g/mol. The highest BCUT2D eigenvalue weighted by atomic mass is 15.0. The Hall–Kier alpha value is -1.09. The summed E-state index contributed by atoms with van der Waals surface area (Å²) in [6.45, 7) is 1.05. The van der Waals surface area contributed by atoms with E-state index >= 15 is 0 Å². The first-order chi connectivity index (χ1) is 5.88. The molecule has 0 saturated heterocycles.